The Kier molecular flexibility index (Phi) is 3.46. The van der Waals surface area contributed by atoms with Crippen LogP contribution in [0.2, 0.25) is 0 Å². The van der Waals surface area contributed by atoms with Gasteiger partial charge in [-0.05, 0) is 36.5 Å². The zero-order chi connectivity index (χ0) is 9.30. The van der Waals surface area contributed by atoms with Crippen molar-refractivity contribution < 1.29 is 0 Å². The van der Waals surface area contributed by atoms with Gasteiger partial charge in [0.15, 0.2) is 0 Å². The normalized spacial score (nSPS) is 43.5. The summed E-state index contributed by atoms with van der Waals surface area (Å²) in [5, 5.41) is 0.418. The third kappa shape index (κ3) is 2.16. The first-order valence-corrected chi connectivity index (χ1v) is 5.60. The predicted octanol–water partition coefficient (Wildman–Crippen LogP) is 3.93. The van der Waals surface area contributed by atoms with Gasteiger partial charge in [-0.3, -0.25) is 0 Å². The van der Waals surface area contributed by atoms with E-state index in [9.17, 15) is 0 Å². The molecular formula is C11H21Cl. The molecular weight excluding hydrogens is 168 g/mol. The summed E-state index contributed by atoms with van der Waals surface area (Å²) >= 11 is 6.39. The van der Waals surface area contributed by atoms with Gasteiger partial charge in [-0.25, -0.2) is 0 Å². The van der Waals surface area contributed by atoms with E-state index in [2.05, 4.69) is 27.7 Å². The highest BCUT2D eigenvalue weighted by molar-refractivity contribution is 6.21. The third-order valence-corrected chi connectivity index (χ3v) is 4.01. The molecule has 1 rings (SSSR count). The molecule has 1 aliphatic rings. The second-order valence-electron chi connectivity index (χ2n) is 4.91. The molecule has 12 heavy (non-hydrogen) atoms. The maximum absolute atomic E-state index is 6.39. The third-order valence-electron chi connectivity index (χ3n) is 3.26. The van der Waals surface area contributed by atoms with Crippen LogP contribution in [-0.4, -0.2) is 5.38 Å². The summed E-state index contributed by atoms with van der Waals surface area (Å²) in [5.41, 5.74) is 0. The van der Waals surface area contributed by atoms with E-state index in [0.717, 1.165) is 17.8 Å². The highest BCUT2D eigenvalue weighted by Gasteiger charge is 2.33. The average molecular weight is 189 g/mol. The Morgan fingerprint density at radius 1 is 1.17 bits per heavy atom. The van der Waals surface area contributed by atoms with Gasteiger partial charge in [0, 0.05) is 5.38 Å². The van der Waals surface area contributed by atoms with Gasteiger partial charge in [0.05, 0.1) is 0 Å². The number of hydrogen-bond acceptors (Lipinski definition) is 0. The lowest BCUT2D eigenvalue weighted by molar-refractivity contribution is 0.183. The minimum absolute atomic E-state index is 0.418. The van der Waals surface area contributed by atoms with Crippen molar-refractivity contribution in [1.29, 1.82) is 0 Å². The molecule has 0 nitrogen and oxygen atoms in total. The molecule has 1 aliphatic carbocycles. The minimum atomic E-state index is 0.418. The summed E-state index contributed by atoms with van der Waals surface area (Å²) < 4.78 is 0. The summed E-state index contributed by atoms with van der Waals surface area (Å²) in [6, 6.07) is 0. The first kappa shape index (κ1) is 10.4. The Labute approximate surface area is 81.7 Å². The fraction of sp³-hybridized carbons (Fsp3) is 1.00. The lowest BCUT2D eigenvalue weighted by Gasteiger charge is -2.38. The van der Waals surface area contributed by atoms with Crippen LogP contribution < -0.4 is 0 Å². The van der Waals surface area contributed by atoms with E-state index in [0.29, 0.717) is 11.3 Å². The molecule has 0 aromatic heterocycles. The molecule has 0 saturated heterocycles. The van der Waals surface area contributed by atoms with Crippen molar-refractivity contribution in [1.82, 2.24) is 0 Å². The molecule has 0 heterocycles. The molecule has 0 aliphatic heterocycles. The number of halogens is 1. The fourth-order valence-corrected chi connectivity index (χ4v) is 3.01. The van der Waals surface area contributed by atoms with Crippen LogP contribution in [0.5, 0.6) is 0 Å². The second-order valence-corrected chi connectivity index (χ2v) is 5.41. The van der Waals surface area contributed by atoms with Gasteiger partial charge in [0.1, 0.15) is 0 Å². The van der Waals surface area contributed by atoms with E-state index in [1.54, 1.807) is 0 Å². The number of rotatable bonds is 1. The summed E-state index contributed by atoms with van der Waals surface area (Å²) in [6.07, 6.45) is 2.65. The van der Waals surface area contributed by atoms with Crippen molar-refractivity contribution in [2.75, 3.05) is 0 Å². The van der Waals surface area contributed by atoms with E-state index in [1.807, 2.05) is 0 Å². The van der Waals surface area contributed by atoms with Crippen LogP contribution >= 0.6 is 11.6 Å². The fourth-order valence-electron chi connectivity index (χ4n) is 2.52. The molecule has 4 unspecified atom stereocenters. The largest absolute Gasteiger partial charge is 0.122 e. The van der Waals surface area contributed by atoms with Crippen LogP contribution in [-0.2, 0) is 0 Å². The Morgan fingerprint density at radius 3 is 2.25 bits per heavy atom. The summed E-state index contributed by atoms with van der Waals surface area (Å²) in [5.74, 6) is 3.08. The van der Waals surface area contributed by atoms with Crippen molar-refractivity contribution in [2.24, 2.45) is 23.7 Å². The first-order chi connectivity index (χ1) is 5.52. The maximum Gasteiger partial charge on any atom is 0.0392 e. The smallest absolute Gasteiger partial charge is 0.0392 e. The highest BCUT2D eigenvalue weighted by Crippen LogP contribution is 2.39. The van der Waals surface area contributed by atoms with Crippen LogP contribution in [0.25, 0.3) is 0 Å². The SMILES string of the molecule is CC1CC(C)C(Cl)C(C(C)C)C1. The van der Waals surface area contributed by atoms with Crippen molar-refractivity contribution in [2.45, 2.75) is 45.9 Å². The van der Waals surface area contributed by atoms with E-state index in [4.69, 9.17) is 11.6 Å². The van der Waals surface area contributed by atoms with Crippen LogP contribution in [0, 0.1) is 23.7 Å². The molecule has 1 saturated carbocycles. The lowest BCUT2D eigenvalue weighted by Crippen LogP contribution is -2.34. The molecule has 72 valence electrons. The van der Waals surface area contributed by atoms with Gasteiger partial charge in [0.2, 0.25) is 0 Å². The van der Waals surface area contributed by atoms with Gasteiger partial charge in [-0.2, -0.15) is 0 Å². The van der Waals surface area contributed by atoms with Gasteiger partial charge in [-0.1, -0.05) is 27.7 Å². The molecule has 0 N–H and O–H groups in total. The van der Waals surface area contributed by atoms with E-state index >= 15 is 0 Å². The van der Waals surface area contributed by atoms with E-state index in [1.165, 1.54) is 12.8 Å². The zero-order valence-corrected chi connectivity index (χ0v) is 9.43. The first-order valence-electron chi connectivity index (χ1n) is 5.16. The molecule has 1 heteroatoms. The van der Waals surface area contributed by atoms with E-state index in [-0.39, 0.29) is 0 Å². The van der Waals surface area contributed by atoms with Crippen LogP contribution in [0.4, 0.5) is 0 Å². The molecule has 0 amide bonds. The number of hydrogen-bond donors (Lipinski definition) is 0. The topological polar surface area (TPSA) is 0 Å². The van der Waals surface area contributed by atoms with Gasteiger partial charge >= 0.3 is 0 Å². The van der Waals surface area contributed by atoms with Gasteiger partial charge in [0.25, 0.3) is 0 Å². The lowest BCUT2D eigenvalue weighted by atomic mass is 9.72. The van der Waals surface area contributed by atoms with Crippen molar-refractivity contribution >= 4 is 11.6 Å². The predicted molar refractivity (Wildman–Crippen MR) is 55.5 cm³/mol. The van der Waals surface area contributed by atoms with Gasteiger partial charge < -0.3 is 0 Å². The van der Waals surface area contributed by atoms with Gasteiger partial charge in [-0.15, -0.1) is 11.6 Å². The summed E-state index contributed by atoms with van der Waals surface area (Å²) in [7, 11) is 0. The Balaban J connectivity index is 2.60. The van der Waals surface area contributed by atoms with Crippen molar-refractivity contribution in [3.05, 3.63) is 0 Å². The van der Waals surface area contributed by atoms with Crippen LogP contribution in [0.1, 0.15) is 40.5 Å². The summed E-state index contributed by atoms with van der Waals surface area (Å²) in [4.78, 5) is 0. The standard InChI is InChI=1S/C11H21Cl/c1-7(2)10-6-8(3)5-9(4)11(10)12/h7-11H,5-6H2,1-4H3. The molecule has 0 aromatic carbocycles. The van der Waals surface area contributed by atoms with Crippen LogP contribution in [0.15, 0.2) is 0 Å². The molecule has 0 bridgehead atoms. The quantitative estimate of drug-likeness (QED) is 0.547. The molecule has 0 aromatic rings. The summed E-state index contributed by atoms with van der Waals surface area (Å²) in [6.45, 7) is 9.24. The van der Waals surface area contributed by atoms with Crippen molar-refractivity contribution in [3.8, 4) is 0 Å². The Morgan fingerprint density at radius 2 is 1.75 bits per heavy atom. The zero-order valence-electron chi connectivity index (χ0n) is 8.68. The number of alkyl halides is 1. The average Bonchev–Trinajstić information content (AvgIpc) is 1.96. The van der Waals surface area contributed by atoms with Crippen molar-refractivity contribution in [3.63, 3.8) is 0 Å². The molecule has 1 fully saturated rings. The Hall–Kier alpha value is 0.290. The monoisotopic (exact) mass is 188 g/mol. The maximum atomic E-state index is 6.39. The van der Waals surface area contributed by atoms with Crippen LogP contribution in [0.3, 0.4) is 0 Å². The minimum Gasteiger partial charge on any atom is -0.122 e. The van der Waals surface area contributed by atoms with E-state index < -0.39 is 0 Å². The second kappa shape index (κ2) is 4.00. The Bertz CT molecular complexity index is 142. The molecule has 0 radical (unpaired) electrons. The molecule has 4 atom stereocenters. The molecule has 0 spiro atoms. The highest BCUT2D eigenvalue weighted by atomic mass is 35.5.